The van der Waals surface area contributed by atoms with Gasteiger partial charge in [0, 0.05) is 6.07 Å². The number of nitrogens with one attached hydrogen (secondary N) is 1. The van der Waals surface area contributed by atoms with Crippen LogP contribution in [-0.2, 0) is 16.4 Å². The molecular weight excluding hydrogens is 320 g/mol. The first-order valence-electron chi connectivity index (χ1n) is 6.99. The Kier molecular flexibility index (Phi) is 3.87. The van der Waals surface area contributed by atoms with Gasteiger partial charge in [-0.25, -0.2) is 13.6 Å². The molecule has 1 aliphatic heterocycles. The van der Waals surface area contributed by atoms with E-state index in [9.17, 15) is 13.2 Å². The summed E-state index contributed by atoms with van der Waals surface area (Å²) in [4.78, 5) is 12.3. The summed E-state index contributed by atoms with van der Waals surface area (Å²) < 4.78 is 33.2. The van der Waals surface area contributed by atoms with Crippen LogP contribution in [-0.4, -0.2) is 27.0 Å². The fraction of sp³-hybridized carbons (Fsp3) is 0.267. The van der Waals surface area contributed by atoms with Crippen molar-refractivity contribution < 1.29 is 22.4 Å². The van der Waals surface area contributed by atoms with E-state index in [4.69, 9.17) is 14.3 Å². The van der Waals surface area contributed by atoms with Gasteiger partial charge >= 0.3 is 0 Å². The Balaban J connectivity index is 1.75. The first-order valence-corrected chi connectivity index (χ1v) is 8.54. The lowest BCUT2D eigenvalue weighted by Crippen LogP contribution is -2.42. The number of aryl methyl sites for hydroxylation is 1. The Morgan fingerprint density at radius 2 is 2.09 bits per heavy atom. The van der Waals surface area contributed by atoms with Crippen molar-refractivity contribution >= 4 is 15.9 Å². The molecule has 0 spiro atoms. The van der Waals surface area contributed by atoms with Gasteiger partial charge in [-0.3, -0.25) is 4.79 Å². The molecule has 7 nitrogen and oxygen atoms in total. The predicted molar refractivity (Wildman–Crippen MR) is 81.7 cm³/mol. The van der Waals surface area contributed by atoms with Crippen LogP contribution in [0.2, 0.25) is 0 Å². The van der Waals surface area contributed by atoms with E-state index < -0.39 is 21.0 Å². The Morgan fingerprint density at radius 3 is 2.78 bits per heavy atom. The SMILES string of the molecule is Cc1oc(S(N)(=O)=O)cc1C(=O)N[C@H]1COc2ccccc2C1. The molecule has 1 atom stereocenters. The van der Waals surface area contributed by atoms with Crippen molar-refractivity contribution in [3.05, 3.63) is 47.2 Å². The van der Waals surface area contributed by atoms with Gasteiger partial charge in [0.15, 0.2) is 0 Å². The number of amides is 1. The molecule has 0 radical (unpaired) electrons. The number of carbonyl (C=O) groups excluding carboxylic acids is 1. The van der Waals surface area contributed by atoms with Crippen molar-refractivity contribution in [2.45, 2.75) is 24.5 Å². The minimum Gasteiger partial charge on any atom is -0.491 e. The van der Waals surface area contributed by atoms with Crippen LogP contribution in [0.1, 0.15) is 21.7 Å². The number of hydrogen-bond acceptors (Lipinski definition) is 5. The van der Waals surface area contributed by atoms with Crippen LogP contribution >= 0.6 is 0 Å². The summed E-state index contributed by atoms with van der Waals surface area (Å²) in [6.45, 7) is 1.86. The largest absolute Gasteiger partial charge is 0.491 e. The predicted octanol–water partition coefficient (Wildman–Crippen LogP) is 0.969. The van der Waals surface area contributed by atoms with Gasteiger partial charge in [-0.15, -0.1) is 0 Å². The molecule has 23 heavy (non-hydrogen) atoms. The Bertz CT molecular complexity index is 857. The summed E-state index contributed by atoms with van der Waals surface area (Å²) in [6.07, 6.45) is 0.640. The fourth-order valence-corrected chi connectivity index (χ4v) is 3.03. The van der Waals surface area contributed by atoms with Gasteiger partial charge in [0.2, 0.25) is 5.09 Å². The second-order valence-corrected chi connectivity index (χ2v) is 6.87. The summed E-state index contributed by atoms with van der Waals surface area (Å²) in [5.41, 5.74) is 1.16. The fourth-order valence-electron chi connectivity index (χ4n) is 2.50. The summed E-state index contributed by atoms with van der Waals surface area (Å²) >= 11 is 0. The van der Waals surface area contributed by atoms with E-state index >= 15 is 0 Å². The zero-order chi connectivity index (χ0) is 16.6. The van der Waals surface area contributed by atoms with Crippen LogP contribution in [0, 0.1) is 6.92 Å². The Labute approximate surface area is 133 Å². The van der Waals surface area contributed by atoms with Gasteiger partial charge in [-0.05, 0) is 25.0 Å². The Morgan fingerprint density at radius 1 is 1.35 bits per heavy atom. The van der Waals surface area contributed by atoms with Gasteiger partial charge in [-0.1, -0.05) is 18.2 Å². The van der Waals surface area contributed by atoms with E-state index in [0.29, 0.717) is 13.0 Å². The van der Waals surface area contributed by atoms with Gasteiger partial charge in [0.1, 0.15) is 18.1 Å². The average molecular weight is 336 g/mol. The quantitative estimate of drug-likeness (QED) is 0.867. The summed E-state index contributed by atoms with van der Waals surface area (Å²) in [6, 6.07) is 8.55. The van der Waals surface area contributed by atoms with Gasteiger partial charge in [0.05, 0.1) is 11.6 Å². The van der Waals surface area contributed by atoms with E-state index in [1.54, 1.807) is 0 Å². The van der Waals surface area contributed by atoms with Crippen LogP contribution in [0.3, 0.4) is 0 Å². The molecule has 3 N–H and O–H groups in total. The Hall–Kier alpha value is -2.32. The number of ether oxygens (including phenoxy) is 1. The number of hydrogen-bond donors (Lipinski definition) is 2. The van der Waals surface area contributed by atoms with Crippen molar-refractivity contribution in [1.29, 1.82) is 0 Å². The number of benzene rings is 1. The molecule has 0 aliphatic carbocycles. The molecule has 8 heteroatoms. The van der Waals surface area contributed by atoms with Crippen LogP contribution < -0.4 is 15.2 Å². The molecule has 1 aromatic heterocycles. The standard InChI is InChI=1S/C15H16N2O5S/c1-9-12(7-14(22-9)23(16,19)20)15(18)17-11-6-10-4-2-3-5-13(10)21-8-11/h2-5,7,11H,6,8H2,1H3,(H,17,18)(H2,16,19,20)/t11-/m1/s1. The van der Waals surface area contributed by atoms with Crippen LogP contribution in [0.5, 0.6) is 5.75 Å². The highest BCUT2D eigenvalue weighted by Gasteiger charge is 2.25. The van der Waals surface area contributed by atoms with E-state index in [2.05, 4.69) is 5.32 Å². The van der Waals surface area contributed by atoms with Crippen molar-refractivity contribution in [2.75, 3.05) is 6.61 Å². The average Bonchev–Trinajstić information content (AvgIpc) is 2.89. The van der Waals surface area contributed by atoms with E-state index in [-0.39, 0.29) is 17.4 Å². The molecular formula is C15H16N2O5S. The summed E-state index contributed by atoms with van der Waals surface area (Å²) in [5.74, 6) is 0.590. The summed E-state index contributed by atoms with van der Waals surface area (Å²) in [5, 5.41) is 7.40. The second-order valence-electron chi connectivity index (χ2n) is 5.37. The highest BCUT2D eigenvalue weighted by atomic mass is 32.2. The molecule has 2 aromatic rings. The minimum absolute atomic E-state index is 0.146. The minimum atomic E-state index is -3.98. The maximum atomic E-state index is 12.3. The lowest BCUT2D eigenvalue weighted by atomic mass is 10.0. The lowest BCUT2D eigenvalue weighted by molar-refractivity contribution is 0.0914. The molecule has 3 rings (SSSR count). The third-order valence-electron chi connectivity index (χ3n) is 3.63. The van der Waals surface area contributed by atoms with Gasteiger partial charge in [-0.2, -0.15) is 0 Å². The van der Waals surface area contributed by atoms with E-state index in [0.717, 1.165) is 17.4 Å². The van der Waals surface area contributed by atoms with Crippen molar-refractivity contribution in [2.24, 2.45) is 5.14 Å². The number of primary sulfonamides is 1. The third-order valence-corrected chi connectivity index (χ3v) is 4.40. The molecule has 1 amide bonds. The first-order chi connectivity index (χ1) is 10.8. The normalized spacial score (nSPS) is 17.2. The third kappa shape index (κ3) is 3.22. The van der Waals surface area contributed by atoms with Crippen molar-refractivity contribution in [1.82, 2.24) is 5.32 Å². The number of fused-ring (bicyclic) bond motifs is 1. The molecule has 122 valence electrons. The van der Waals surface area contributed by atoms with Crippen LogP contribution in [0.4, 0.5) is 0 Å². The number of furan rings is 1. The molecule has 1 aromatic carbocycles. The summed E-state index contributed by atoms with van der Waals surface area (Å²) in [7, 11) is -3.98. The van der Waals surface area contributed by atoms with Crippen LogP contribution in [0.15, 0.2) is 39.8 Å². The molecule has 0 saturated heterocycles. The molecule has 0 bridgehead atoms. The van der Waals surface area contributed by atoms with E-state index in [1.165, 1.54) is 6.92 Å². The zero-order valence-electron chi connectivity index (χ0n) is 12.4. The molecule has 1 aliphatic rings. The number of nitrogens with two attached hydrogens (primary N) is 1. The first kappa shape index (κ1) is 15.6. The van der Waals surface area contributed by atoms with Gasteiger partial charge < -0.3 is 14.5 Å². The number of rotatable bonds is 3. The lowest BCUT2D eigenvalue weighted by Gasteiger charge is -2.25. The maximum absolute atomic E-state index is 12.3. The molecule has 0 fully saturated rings. The van der Waals surface area contributed by atoms with Crippen LogP contribution in [0.25, 0.3) is 0 Å². The maximum Gasteiger partial charge on any atom is 0.271 e. The molecule has 2 heterocycles. The number of para-hydroxylation sites is 1. The second kappa shape index (κ2) is 5.71. The number of sulfonamides is 1. The monoisotopic (exact) mass is 336 g/mol. The molecule has 0 saturated carbocycles. The highest BCUT2D eigenvalue weighted by Crippen LogP contribution is 2.24. The van der Waals surface area contributed by atoms with Crippen molar-refractivity contribution in [3.63, 3.8) is 0 Å². The topological polar surface area (TPSA) is 112 Å². The smallest absolute Gasteiger partial charge is 0.271 e. The van der Waals surface area contributed by atoms with Crippen molar-refractivity contribution in [3.8, 4) is 5.75 Å². The highest BCUT2D eigenvalue weighted by molar-refractivity contribution is 7.89. The molecule has 0 unspecified atom stereocenters. The van der Waals surface area contributed by atoms with Gasteiger partial charge in [0.25, 0.3) is 15.9 Å². The van der Waals surface area contributed by atoms with E-state index in [1.807, 2.05) is 24.3 Å². The zero-order valence-corrected chi connectivity index (χ0v) is 13.2. The number of carbonyl (C=O) groups is 1.